The maximum Gasteiger partial charge on any atom is 0.338 e. The number of carbonyl (C=O) groups excluding carboxylic acids is 2. The molecule has 4 rings (SSSR count). The lowest BCUT2D eigenvalue weighted by Crippen LogP contribution is -2.37. The first-order valence-electron chi connectivity index (χ1n) is 12.5. The molecule has 2 unspecified atom stereocenters. The van der Waals surface area contributed by atoms with E-state index in [2.05, 4.69) is 4.74 Å². The molecule has 0 aliphatic carbocycles. The molecular weight excluding hydrogens is 534 g/mol. The number of aryl methyl sites for hydroxylation is 2. The summed E-state index contributed by atoms with van der Waals surface area (Å²) < 4.78 is 57.8. The number of methoxy groups -OCH3 is 2. The first-order chi connectivity index (χ1) is 19.1. The summed E-state index contributed by atoms with van der Waals surface area (Å²) in [4.78, 5) is 24.6. The van der Waals surface area contributed by atoms with Gasteiger partial charge in [0, 0.05) is 14.2 Å². The Morgan fingerprint density at radius 2 is 1.27 bits per heavy atom. The average molecular weight is 569 g/mol. The normalized spacial score (nSPS) is 29.4. The van der Waals surface area contributed by atoms with Gasteiger partial charge in [0.2, 0.25) is 0 Å². The van der Waals surface area contributed by atoms with Crippen molar-refractivity contribution in [3.63, 3.8) is 0 Å². The van der Waals surface area contributed by atoms with E-state index < -0.39 is 67.9 Å². The van der Waals surface area contributed by atoms with E-state index in [0.717, 1.165) is 11.1 Å². The molecule has 10 nitrogen and oxygen atoms in total. The van der Waals surface area contributed by atoms with E-state index in [1.165, 1.54) is 14.2 Å². The molecule has 2 aliphatic heterocycles. The van der Waals surface area contributed by atoms with Crippen molar-refractivity contribution < 1.29 is 57.0 Å². The molecule has 40 heavy (non-hydrogen) atoms. The van der Waals surface area contributed by atoms with Gasteiger partial charge in [0.25, 0.3) is 0 Å². The number of alkyl halides is 2. The van der Waals surface area contributed by atoms with Crippen LogP contribution in [0, 0.1) is 13.8 Å². The zero-order chi connectivity index (χ0) is 29.4. The molecule has 0 bridgehead atoms. The molecule has 2 heterocycles. The minimum atomic E-state index is -1.71. The van der Waals surface area contributed by atoms with Crippen molar-refractivity contribution in [3.8, 4) is 0 Å². The van der Waals surface area contributed by atoms with Crippen molar-refractivity contribution in [2.45, 2.75) is 63.2 Å². The van der Waals surface area contributed by atoms with Gasteiger partial charge in [-0.1, -0.05) is 35.4 Å². The summed E-state index contributed by atoms with van der Waals surface area (Å²) in [5.41, 5.74) is 2.64. The predicted octanol–water partition coefficient (Wildman–Crippen LogP) is 2.44. The number of ether oxygens (including phenoxy) is 6. The highest BCUT2D eigenvalue weighted by Crippen LogP contribution is 2.29. The minimum absolute atomic E-state index is 0.279. The molecule has 12 heteroatoms. The van der Waals surface area contributed by atoms with Crippen LogP contribution in [0.5, 0.6) is 0 Å². The Morgan fingerprint density at radius 3 is 1.73 bits per heavy atom. The SMILES string of the molecule is COC1O[C@H](CO)[C@@H](O)[C@@H]1F.COC1O[C@H](COC(=O)c2ccc(C)cc2)[C@@H](OC(=O)c2ccc(C)cc2)[C@@H]1F. The maximum absolute atomic E-state index is 14.7. The first-order valence-corrected chi connectivity index (χ1v) is 12.5. The summed E-state index contributed by atoms with van der Waals surface area (Å²) in [7, 11) is 2.57. The number of benzene rings is 2. The lowest BCUT2D eigenvalue weighted by Gasteiger charge is -2.19. The van der Waals surface area contributed by atoms with E-state index in [4.69, 9.17) is 33.9 Å². The molecule has 2 fully saturated rings. The highest BCUT2D eigenvalue weighted by Gasteiger charge is 2.49. The van der Waals surface area contributed by atoms with Crippen LogP contribution in [0.2, 0.25) is 0 Å². The third kappa shape index (κ3) is 7.80. The first kappa shape index (κ1) is 31.5. The lowest BCUT2D eigenvalue weighted by atomic mass is 10.1. The van der Waals surface area contributed by atoms with Gasteiger partial charge in [-0.15, -0.1) is 0 Å². The second kappa shape index (κ2) is 14.6. The van der Waals surface area contributed by atoms with Crippen molar-refractivity contribution in [1.82, 2.24) is 0 Å². The second-order valence-electron chi connectivity index (χ2n) is 9.32. The van der Waals surface area contributed by atoms with E-state index >= 15 is 0 Å². The fourth-order valence-electron chi connectivity index (χ4n) is 3.99. The molecule has 2 aliphatic rings. The summed E-state index contributed by atoms with van der Waals surface area (Å²) in [6.07, 6.45) is -9.95. The Bertz CT molecular complexity index is 1080. The molecule has 0 saturated carbocycles. The van der Waals surface area contributed by atoms with Crippen molar-refractivity contribution in [1.29, 1.82) is 0 Å². The topological polar surface area (TPSA) is 130 Å². The van der Waals surface area contributed by atoms with Crippen molar-refractivity contribution in [3.05, 3.63) is 70.8 Å². The fraction of sp³-hybridized carbons (Fsp3) is 0.500. The number of carbonyl (C=O) groups is 2. The number of rotatable bonds is 8. The van der Waals surface area contributed by atoms with Crippen molar-refractivity contribution in [2.24, 2.45) is 0 Å². The van der Waals surface area contributed by atoms with E-state index in [9.17, 15) is 18.4 Å². The Kier molecular flexibility index (Phi) is 11.5. The summed E-state index contributed by atoms with van der Waals surface area (Å²) >= 11 is 0. The molecule has 2 saturated heterocycles. The van der Waals surface area contributed by atoms with Gasteiger partial charge >= 0.3 is 11.9 Å². The number of esters is 2. The van der Waals surface area contributed by atoms with Crippen LogP contribution in [0.25, 0.3) is 0 Å². The molecule has 0 radical (unpaired) electrons. The van der Waals surface area contributed by atoms with Gasteiger partial charge in [-0.05, 0) is 38.1 Å². The van der Waals surface area contributed by atoms with E-state index in [0.29, 0.717) is 11.1 Å². The summed E-state index contributed by atoms with van der Waals surface area (Å²) in [6.45, 7) is 3.11. The molecular formula is C28H34F2O10. The molecule has 2 N–H and O–H groups in total. The molecule has 220 valence electrons. The minimum Gasteiger partial charge on any atom is -0.459 e. The Labute approximate surface area is 230 Å². The highest BCUT2D eigenvalue weighted by molar-refractivity contribution is 5.90. The van der Waals surface area contributed by atoms with Crippen LogP contribution in [0.15, 0.2) is 48.5 Å². The molecule has 0 aromatic heterocycles. The summed E-state index contributed by atoms with van der Waals surface area (Å²) in [5.74, 6) is -1.26. The fourth-order valence-corrected chi connectivity index (χ4v) is 3.99. The van der Waals surface area contributed by atoms with Gasteiger partial charge in [-0.25, -0.2) is 18.4 Å². The Hall–Kier alpha value is -3.00. The molecule has 2 aromatic rings. The quantitative estimate of drug-likeness (QED) is 0.458. The van der Waals surface area contributed by atoms with Gasteiger partial charge in [0.15, 0.2) is 31.0 Å². The van der Waals surface area contributed by atoms with Crippen LogP contribution in [0.4, 0.5) is 8.78 Å². The molecule has 0 spiro atoms. The number of hydrogen-bond donors (Lipinski definition) is 2. The Balaban J connectivity index is 0.000000336. The van der Waals surface area contributed by atoms with Crippen LogP contribution in [-0.2, 0) is 28.4 Å². The molecule has 8 atom stereocenters. The van der Waals surface area contributed by atoms with E-state index in [-0.39, 0.29) is 6.61 Å². The maximum atomic E-state index is 14.7. The second-order valence-corrected chi connectivity index (χ2v) is 9.32. The van der Waals surface area contributed by atoms with Crippen LogP contribution in [0.3, 0.4) is 0 Å². The third-order valence-corrected chi connectivity index (χ3v) is 6.37. The van der Waals surface area contributed by atoms with Crippen LogP contribution in [-0.4, -0.2) is 98.9 Å². The molecule has 0 amide bonds. The number of hydrogen-bond acceptors (Lipinski definition) is 10. The van der Waals surface area contributed by atoms with Gasteiger partial charge in [-0.2, -0.15) is 0 Å². The van der Waals surface area contributed by atoms with E-state index in [1.807, 2.05) is 13.8 Å². The lowest BCUT2D eigenvalue weighted by molar-refractivity contribution is -0.142. The predicted molar refractivity (Wildman–Crippen MR) is 136 cm³/mol. The average Bonchev–Trinajstić information content (AvgIpc) is 3.42. The standard InChI is InChI=1S/C22H23FO6.C6H11FO4/c1-13-4-8-15(9-5-13)20(24)27-12-17-19(18(23)22(26-3)28-17)29-21(25)16-10-6-14(2)7-11-16;1-10-6-4(7)5(9)3(2-8)11-6/h4-11,17-19,22H,12H2,1-3H3;3-6,8-9H,2H2,1H3/t17-,18+,19-,22?;3-,4+,5-,6?/m11/s1. The van der Waals surface area contributed by atoms with Gasteiger partial charge in [-0.3, -0.25) is 0 Å². The highest BCUT2D eigenvalue weighted by atomic mass is 19.1. The van der Waals surface area contributed by atoms with Gasteiger partial charge < -0.3 is 38.6 Å². The monoisotopic (exact) mass is 568 g/mol. The smallest absolute Gasteiger partial charge is 0.338 e. The van der Waals surface area contributed by atoms with Crippen LogP contribution >= 0.6 is 0 Å². The Morgan fingerprint density at radius 1 is 0.800 bits per heavy atom. The van der Waals surface area contributed by atoms with Gasteiger partial charge in [0.05, 0.1) is 17.7 Å². The van der Waals surface area contributed by atoms with Crippen molar-refractivity contribution in [2.75, 3.05) is 27.4 Å². The zero-order valence-electron chi connectivity index (χ0n) is 22.6. The largest absolute Gasteiger partial charge is 0.459 e. The summed E-state index contributed by atoms with van der Waals surface area (Å²) in [5, 5.41) is 17.6. The number of aliphatic hydroxyl groups is 2. The van der Waals surface area contributed by atoms with Crippen molar-refractivity contribution >= 4 is 11.9 Å². The number of halogens is 2. The third-order valence-electron chi connectivity index (χ3n) is 6.37. The van der Waals surface area contributed by atoms with Crippen LogP contribution < -0.4 is 0 Å². The van der Waals surface area contributed by atoms with Gasteiger partial charge in [0.1, 0.15) is 24.9 Å². The van der Waals surface area contributed by atoms with Crippen LogP contribution in [0.1, 0.15) is 31.8 Å². The summed E-state index contributed by atoms with van der Waals surface area (Å²) in [6, 6.07) is 13.6. The number of aliphatic hydroxyl groups excluding tert-OH is 2. The molecule has 2 aromatic carbocycles. The zero-order valence-corrected chi connectivity index (χ0v) is 22.6. The van der Waals surface area contributed by atoms with E-state index in [1.54, 1.807) is 48.5 Å².